The second kappa shape index (κ2) is 7.69. The van der Waals surface area contributed by atoms with Gasteiger partial charge in [-0.2, -0.15) is 15.5 Å². The van der Waals surface area contributed by atoms with Crippen molar-refractivity contribution in [3.63, 3.8) is 0 Å². The quantitative estimate of drug-likeness (QED) is 0.516. The zero-order valence-electron chi connectivity index (χ0n) is 14.9. The van der Waals surface area contributed by atoms with E-state index in [1.165, 1.54) is 10.8 Å². The van der Waals surface area contributed by atoms with E-state index in [2.05, 4.69) is 31.4 Å². The topological polar surface area (TPSA) is 105 Å². The van der Waals surface area contributed by atoms with Crippen molar-refractivity contribution in [1.82, 2.24) is 19.4 Å². The maximum atomic E-state index is 12.7. The Labute approximate surface area is 173 Å². The van der Waals surface area contributed by atoms with Crippen LogP contribution in [0.2, 0.25) is 0 Å². The zero-order valence-corrected chi connectivity index (χ0v) is 16.5. The fourth-order valence-corrected chi connectivity index (χ4v) is 3.08. The van der Waals surface area contributed by atoms with Crippen molar-refractivity contribution in [1.29, 1.82) is 5.26 Å². The molecule has 4 rings (SSSR count). The largest absolute Gasteiger partial charge is 0.324 e. The molecule has 2 heterocycles. The summed E-state index contributed by atoms with van der Waals surface area (Å²) in [6, 6.07) is 17.8. The van der Waals surface area contributed by atoms with Crippen LogP contribution in [0.1, 0.15) is 5.56 Å². The lowest BCUT2D eigenvalue weighted by molar-refractivity contribution is -0.117. The number of aromatic nitrogens is 4. The molecule has 8 nitrogen and oxygen atoms in total. The van der Waals surface area contributed by atoms with Crippen LogP contribution in [0.3, 0.4) is 0 Å². The van der Waals surface area contributed by atoms with Crippen LogP contribution in [0.4, 0.5) is 5.69 Å². The summed E-state index contributed by atoms with van der Waals surface area (Å²) >= 11 is 3.39. The van der Waals surface area contributed by atoms with Crippen molar-refractivity contribution < 1.29 is 4.79 Å². The molecule has 9 heteroatoms. The molecule has 0 unspecified atom stereocenters. The third kappa shape index (κ3) is 3.93. The number of hydrogen-bond acceptors (Lipinski definition) is 5. The van der Waals surface area contributed by atoms with E-state index >= 15 is 0 Å². The van der Waals surface area contributed by atoms with E-state index in [9.17, 15) is 9.59 Å². The molecule has 0 atom stereocenters. The van der Waals surface area contributed by atoms with Gasteiger partial charge in [-0.05, 0) is 36.4 Å². The van der Waals surface area contributed by atoms with Crippen LogP contribution in [-0.2, 0) is 11.3 Å². The fraction of sp³-hybridized carbons (Fsp3) is 0.0500. The monoisotopic (exact) mass is 448 g/mol. The molecular weight excluding hydrogens is 436 g/mol. The molecule has 0 aliphatic carbocycles. The lowest BCUT2D eigenvalue weighted by Crippen LogP contribution is -2.30. The van der Waals surface area contributed by atoms with E-state index in [1.807, 2.05) is 30.3 Å². The molecule has 4 aromatic rings. The molecule has 29 heavy (non-hydrogen) atoms. The van der Waals surface area contributed by atoms with Crippen LogP contribution in [0.25, 0.3) is 16.8 Å². The van der Waals surface area contributed by atoms with Crippen LogP contribution in [-0.4, -0.2) is 25.3 Å². The Balaban J connectivity index is 1.58. The fourth-order valence-electron chi connectivity index (χ4n) is 2.82. The Morgan fingerprint density at radius 3 is 2.72 bits per heavy atom. The van der Waals surface area contributed by atoms with Crippen molar-refractivity contribution in [2.24, 2.45) is 0 Å². The van der Waals surface area contributed by atoms with E-state index in [0.717, 1.165) is 14.7 Å². The van der Waals surface area contributed by atoms with Crippen molar-refractivity contribution >= 4 is 33.0 Å². The normalized spacial score (nSPS) is 10.6. The number of carbonyl (C=O) groups excluding carboxylic acids is 1. The predicted octanol–water partition coefficient (Wildman–Crippen LogP) is 2.83. The molecule has 0 aliphatic rings. The SMILES string of the molecule is N#Cc1cccc(NC(=O)Cn2ncn3nc(-c4ccc(Br)cc4)cc3c2=O)c1. The van der Waals surface area contributed by atoms with Crippen LogP contribution in [0, 0.1) is 11.3 Å². The third-order valence-corrected chi connectivity index (χ3v) is 4.73. The summed E-state index contributed by atoms with van der Waals surface area (Å²) < 4.78 is 3.41. The van der Waals surface area contributed by atoms with Gasteiger partial charge in [-0.15, -0.1) is 0 Å². The van der Waals surface area contributed by atoms with Gasteiger partial charge in [0.05, 0.1) is 17.3 Å². The lowest BCUT2D eigenvalue weighted by atomic mass is 10.1. The van der Waals surface area contributed by atoms with Crippen molar-refractivity contribution in [3.05, 3.63) is 81.3 Å². The molecule has 0 aliphatic heterocycles. The van der Waals surface area contributed by atoms with Gasteiger partial charge >= 0.3 is 0 Å². The highest BCUT2D eigenvalue weighted by Crippen LogP contribution is 2.20. The molecule has 1 amide bonds. The van der Waals surface area contributed by atoms with Gasteiger partial charge in [0, 0.05) is 15.7 Å². The van der Waals surface area contributed by atoms with Gasteiger partial charge in [0.15, 0.2) is 0 Å². The summed E-state index contributed by atoms with van der Waals surface area (Å²) in [4.78, 5) is 25.0. The Hall–Kier alpha value is -3.77. The molecule has 0 saturated heterocycles. The van der Waals surface area contributed by atoms with E-state index < -0.39 is 11.5 Å². The second-order valence-electron chi connectivity index (χ2n) is 6.20. The molecule has 0 bridgehead atoms. The van der Waals surface area contributed by atoms with Gasteiger partial charge in [0.2, 0.25) is 5.91 Å². The molecule has 1 N–H and O–H groups in total. The first-order valence-electron chi connectivity index (χ1n) is 8.55. The minimum Gasteiger partial charge on any atom is -0.324 e. The summed E-state index contributed by atoms with van der Waals surface area (Å²) in [7, 11) is 0. The Kier molecular flexibility index (Phi) is 4.93. The van der Waals surface area contributed by atoms with Crippen molar-refractivity contribution in [3.8, 4) is 17.3 Å². The first-order chi connectivity index (χ1) is 14.0. The summed E-state index contributed by atoms with van der Waals surface area (Å²) in [5, 5.41) is 20.0. The number of nitrogens with one attached hydrogen (secondary N) is 1. The van der Waals surface area contributed by atoms with Crippen molar-refractivity contribution in [2.75, 3.05) is 5.32 Å². The number of rotatable bonds is 4. The minimum absolute atomic E-state index is 0.259. The molecule has 0 saturated carbocycles. The number of anilines is 1. The number of benzene rings is 2. The van der Waals surface area contributed by atoms with Gasteiger partial charge in [-0.25, -0.2) is 9.20 Å². The van der Waals surface area contributed by atoms with E-state index in [-0.39, 0.29) is 6.54 Å². The first kappa shape index (κ1) is 18.6. The highest BCUT2D eigenvalue weighted by atomic mass is 79.9. The van der Waals surface area contributed by atoms with Gasteiger partial charge in [0.1, 0.15) is 18.4 Å². The van der Waals surface area contributed by atoms with Gasteiger partial charge < -0.3 is 5.32 Å². The number of carbonyl (C=O) groups is 1. The molecular formula is C20H13BrN6O2. The molecule has 0 fully saturated rings. The minimum atomic E-state index is -0.427. The maximum absolute atomic E-state index is 12.7. The number of amides is 1. The molecule has 142 valence electrons. The summed E-state index contributed by atoms with van der Waals surface area (Å²) in [6.07, 6.45) is 1.39. The van der Waals surface area contributed by atoms with Crippen molar-refractivity contribution in [2.45, 2.75) is 6.54 Å². The molecule has 0 radical (unpaired) electrons. The Morgan fingerprint density at radius 1 is 1.17 bits per heavy atom. The number of nitriles is 1. The zero-order chi connectivity index (χ0) is 20.4. The number of halogens is 1. The summed E-state index contributed by atoms with van der Waals surface area (Å²) in [5.74, 6) is -0.424. The highest BCUT2D eigenvalue weighted by Gasteiger charge is 2.12. The lowest BCUT2D eigenvalue weighted by Gasteiger charge is -2.07. The van der Waals surface area contributed by atoms with Crippen LogP contribution in [0.5, 0.6) is 0 Å². The standard InChI is InChI=1S/C20H13BrN6O2/c21-15-6-4-14(5-7-15)17-9-18-20(29)26(23-12-27(18)25-17)11-19(28)24-16-3-1-2-13(8-16)10-22/h1-9,12H,11H2,(H,24,28). The van der Waals surface area contributed by atoms with Gasteiger partial charge in [-0.3, -0.25) is 9.59 Å². The third-order valence-electron chi connectivity index (χ3n) is 4.20. The molecule has 2 aromatic heterocycles. The van der Waals surface area contributed by atoms with E-state index in [0.29, 0.717) is 22.5 Å². The average molecular weight is 449 g/mol. The second-order valence-corrected chi connectivity index (χ2v) is 7.12. The Bertz CT molecular complexity index is 1320. The van der Waals surface area contributed by atoms with E-state index in [4.69, 9.17) is 5.26 Å². The smallest absolute Gasteiger partial charge is 0.293 e. The van der Waals surface area contributed by atoms with Gasteiger partial charge in [0.25, 0.3) is 5.56 Å². The number of hydrogen-bond donors (Lipinski definition) is 1. The number of fused-ring (bicyclic) bond motifs is 1. The van der Waals surface area contributed by atoms with Crippen LogP contribution in [0.15, 0.2) is 70.2 Å². The summed E-state index contributed by atoms with van der Waals surface area (Å²) in [5.41, 5.74) is 2.29. The van der Waals surface area contributed by atoms with Crippen LogP contribution < -0.4 is 10.9 Å². The summed E-state index contributed by atoms with van der Waals surface area (Å²) in [6.45, 7) is -0.259. The van der Waals surface area contributed by atoms with E-state index in [1.54, 1.807) is 30.3 Å². The van der Waals surface area contributed by atoms with Gasteiger partial charge in [-0.1, -0.05) is 34.1 Å². The first-order valence-corrected chi connectivity index (χ1v) is 9.34. The molecule has 0 spiro atoms. The number of nitrogens with zero attached hydrogens (tertiary/aromatic N) is 5. The predicted molar refractivity (Wildman–Crippen MR) is 110 cm³/mol. The maximum Gasteiger partial charge on any atom is 0.293 e. The Morgan fingerprint density at radius 2 is 1.97 bits per heavy atom. The average Bonchev–Trinajstić information content (AvgIpc) is 3.16. The highest BCUT2D eigenvalue weighted by molar-refractivity contribution is 9.10. The van der Waals surface area contributed by atoms with Crippen LogP contribution >= 0.6 is 15.9 Å². The molecule has 2 aromatic carbocycles.